The normalized spacial score (nSPS) is 32.9. The highest BCUT2D eigenvalue weighted by Crippen LogP contribution is 2.65. The molecule has 106 valence electrons. The predicted molar refractivity (Wildman–Crippen MR) is 80.6 cm³/mol. The van der Waals surface area contributed by atoms with Crippen molar-refractivity contribution in [2.45, 2.75) is 33.6 Å². The van der Waals surface area contributed by atoms with Gasteiger partial charge in [0.1, 0.15) is 5.75 Å². The summed E-state index contributed by atoms with van der Waals surface area (Å²) in [5.74, 6) is 1.61. The summed E-state index contributed by atoms with van der Waals surface area (Å²) in [6.45, 7) is 6.64. The summed E-state index contributed by atoms with van der Waals surface area (Å²) in [7, 11) is 1.66. The van der Waals surface area contributed by atoms with Gasteiger partial charge in [-0.1, -0.05) is 32.9 Å². The van der Waals surface area contributed by atoms with Gasteiger partial charge in [-0.15, -0.1) is 0 Å². The van der Waals surface area contributed by atoms with Gasteiger partial charge in [0.2, 0.25) is 0 Å². The van der Waals surface area contributed by atoms with E-state index in [0.29, 0.717) is 11.7 Å². The molecule has 1 aromatic rings. The number of ether oxygens (including phenoxy) is 1. The van der Waals surface area contributed by atoms with Gasteiger partial charge in [0.25, 0.3) is 0 Å². The third-order valence-corrected chi connectivity index (χ3v) is 5.80. The molecule has 2 heteroatoms. The number of methoxy groups -OCH3 is 1. The van der Waals surface area contributed by atoms with Crippen molar-refractivity contribution in [3.8, 4) is 5.75 Å². The second-order valence-electron chi connectivity index (χ2n) is 6.85. The van der Waals surface area contributed by atoms with Crippen molar-refractivity contribution in [3.05, 3.63) is 35.4 Å². The van der Waals surface area contributed by atoms with E-state index in [1.807, 2.05) is 24.3 Å². The predicted octanol–water partition coefficient (Wildman–Crippen LogP) is 4.10. The standard InChI is InChI=1S/C18H22O2/c1-17(2)15-9-10-18(17,3)16(19)14(15)11-12-5-7-13(20-4)8-6-12/h5-8,11,15H,9-10H2,1-4H3/b14-11-/t15-,18+/m0/s1. The average Bonchev–Trinajstić information content (AvgIpc) is 2.74. The van der Waals surface area contributed by atoms with E-state index in [-0.39, 0.29) is 10.8 Å². The maximum absolute atomic E-state index is 12.7. The third-order valence-electron chi connectivity index (χ3n) is 5.80. The van der Waals surface area contributed by atoms with Crippen LogP contribution in [0, 0.1) is 16.7 Å². The molecule has 0 aliphatic heterocycles. The van der Waals surface area contributed by atoms with Crippen LogP contribution in [0.5, 0.6) is 5.75 Å². The van der Waals surface area contributed by atoms with Crippen LogP contribution >= 0.6 is 0 Å². The fourth-order valence-corrected chi connectivity index (χ4v) is 3.97. The molecule has 1 aromatic carbocycles. The lowest BCUT2D eigenvalue weighted by Crippen LogP contribution is -2.32. The van der Waals surface area contributed by atoms with Crippen LogP contribution in [0.3, 0.4) is 0 Å². The Labute approximate surface area is 120 Å². The average molecular weight is 270 g/mol. The van der Waals surface area contributed by atoms with Gasteiger partial charge < -0.3 is 4.74 Å². The zero-order chi connectivity index (χ0) is 14.5. The van der Waals surface area contributed by atoms with E-state index in [0.717, 1.165) is 29.7 Å². The molecule has 20 heavy (non-hydrogen) atoms. The lowest BCUT2D eigenvalue weighted by molar-refractivity contribution is -0.125. The summed E-state index contributed by atoms with van der Waals surface area (Å²) in [5, 5.41) is 0. The zero-order valence-corrected chi connectivity index (χ0v) is 12.7. The Balaban J connectivity index is 1.99. The molecule has 0 amide bonds. The molecule has 0 heterocycles. The number of rotatable bonds is 2. The molecule has 2 saturated carbocycles. The molecule has 2 nitrogen and oxygen atoms in total. The molecule has 3 rings (SSSR count). The van der Waals surface area contributed by atoms with Gasteiger partial charge in [-0.3, -0.25) is 4.79 Å². The molecular formula is C18H22O2. The highest BCUT2D eigenvalue weighted by molar-refractivity contribution is 6.07. The monoisotopic (exact) mass is 270 g/mol. The summed E-state index contributed by atoms with van der Waals surface area (Å²) in [6.07, 6.45) is 4.25. The molecular weight excluding hydrogens is 248 g/mol. The van der Waals surface area contributed by atoms with Crippen molar-refractivity contribution in [1.82, 2.24) is 0 Å². The largest absolute Gasteiger partial charge is 0.497 e. The van der Waals surface area contributed by atoms with E-state index in [4.69, 9.17) is 4.74 Å². The van der Waals surface area contributed by atoms with Crippen LogP contribution in [0.2, 0.25) is 0 Å². The first kappa shape index (κ1) is 13.4. The molecule has 0 radical (unpaired) electrons. The lowest BCUT2D eigenvalue weighted by atomic mass is 9.70. The minimum atomic E-state index is -0.171. The molecule has 0 saturated heterocycles. The fraction of sp³-hybridized carbons (Fsp3) is 0.500. The van der Waals surface area contributed by atoms with Crippen LogP contribution in [-0.4, -0.2) is 12.9 Å². The van der Waals surface area contributed by atoms with Crippen molar-refractivity contribution in [3.63, 3.8) is 0 Å². The smallest absolute Gasteiger partial charge is 0.165 e. The SMILES string of the molecule is COc1ccc(/C=C2\C(=O)[C@@]3(C)CC[C@@H]2C3(C)C)cc1. The van der Waals surface area contributed by atoms with E-state index in [9.17, 15) is 4.79 Å². The van der Waals surface area contributed by atoms with Crippen LogP contribution in [0.25, 0.3) is 6.08 Å². The van der Waals surface area contributed by atoms with Crippen LogP contribution in [0.15, 0.2) is 29.8 Å². The Hall–Kier alpha value is -1.57. The molecule has 2 atom stereocenters. The number of benzene rings is 1. The maximum Gasteiger partial charge on any atom is 0.165 e. The lowest BCUT2D eigenvalue weighted by Gasteiger charge is -2.31. The van der Waals surface area contributed by atoms with Crippen molar-refractivity contribution in [2.75, 3.05) is 7.11 Å². The number of allylic oxidation sites excluding steroid dienone is 1. The first-order chi connectivity index (χ1) is 9.40. The summed E-state index contributed by atoms with van der Waals surface area (Å²) < 4.78 is 5.17. The Morgan fingerprint density at radius 2 is 1.85 bits per heavy atom. The summed E-state index contributed by atoms with van der Waals surface area (Å²) in [5.41, 5.74) is 2.02. The summed E-state index contributed by atoms with van der Waals surface area (Å²) in [6, 6.07) is 7.91. The van der Waals surface area contributed by atoms with E-state index in [1.54, 1.807) is 7.11 Å². The van der Waals surface area contributed by atoms with E-state index >= 15 is 0 Å². The van der Waals surface area contributed by atoms with Gasteiger partial charge in [0.15, 0.2) is 5.78 Å². The molecule has 0 N–H and O–H groups in total. The Bertz CT molecular complexity index is 580. The molecule has 0 aromatic heterocycles. The van der Waals surface area contributed by atoms with Gasteiger partial charge in [-0.2, -0.15) is 0 Å². The van der Waals surface area contributed by atoms with Crippen molar-refractivity contribution >= 4 is 11.9 Å². The van der Waals surface area contributed by atoms with Gasteiger partial charge in [0, 0.05) is 5.41 Å². The van der Waals surface area contributed by atoms with Gasteiger partial charge in [-0.05, 0) is 53.5 Å². The van der Waals surface area contributed by atoms with E-state index in [1.165, 1.54) is 0 Å². The number of hydrogen-bond acceptors (Lipinski definition) is 2. The summed E-state index contributed by atoms with van der Waals surface area (Å²) in [4.78, 5) is 12.7. The van der Waals surface area contributed by atoms with Crippen LogP contribution in [0.1, 0.15) is 39.2 Å². The maximum atomic E-state index is 12.7. The minimum absolute atomic E-state index is 0.0857. The van der Waals surface area contributed by atoms with E-state index in [2.05, 4.69) is 26.8 Å². The molecule has 2 fully saturated rings. The first-order valence-corrected chi connectivity index (χ1v) is 7.30. The molecule has 2 aliphatic carbocycles. The third kappa shape index (κ3) is 1.60. The highest BCUT2D eigenvalue weighted by atomic mass is 16.5. The quantitative estimate of drug-likeness (QED) is 0.756. The van der Waals surface area contributed by atoms with Crippen LogP contribution in [-0.2, 0) is 4.79 Å². The number of carbonyl (C=O) groups excluding carboxylic acids is 1. The molecule has 2 bridgehead atoms. The van der Waals surface area contributed by atoms with Crippen LogP contribution in [0.4, 0.5) is 0 Å². The first-order valence-electron chi connectivity index (χ1n) is 7.30. The molecule has 2 aliphatic rings. The van der Waals surface area contributed by atoms with Crippen molar-refractivity contribution in [2.24, 2.45) is 16.7 Å². The summed E-state index contributed by atoms with van der Waals surface area (Å²) >= 11 is 0. The number of Topliss-reactive ketones (excluding diaryl/α,β-unsaturated/α-hetero) is 1. The Morgan fingerprint density at radius 1 is 1.20 bits per heavy atom. The highest BCUT2D eigenvalue weighted by Gasteiger charge is 2.63. The second kappa shape index (κ2) is 4.21. The molecule has 0 unspecified atom stereocenters. The van der Waals surface area contributed by atoms with Gasteiger partial charge >= 0.3 is 0 Å². The second-order valence-corrected chi connectivity index (χ2v) is 6.85. The number of fused-ring (bicyclic) bond motifs is 2. The Morgan fingerprint density at radius 3 is 2.35 bits per heavy atom. The van der Waals surface area contributed by atoms with Crippen LogP contribution < -0.4 is 4.74 Å². The molecule has 0 spiro atoms. The Kier molecular flexibility index (Phi) is 2.82. The minimum Gasteiger partial charge on any atom is -0.497 e. The number of carbonyl (C=O) groups is 1. The zero-order valence-electron chi connectivity index (χ0n) is 12.7. The number of hydrogen-bond donors (Lipinski definition) is 0. The van der Waals surface area contributed by atoms with E-state index < -0.39 is 0 Å². The fourth-order valence-electron chi connectivity index (χ4n) is 3.97. The number of ketones is 1. The van der Waals surface area contributed by atoms with Gasteiger partial charge in [0.05, 0.1) is 7.11 Å². The van der Waals surface area contributed by atoms with Crippen molar-refractivity contribution in [1.29, 1.82) is 0 Å². The van der Waals surface area contributed by atoms with Gasteiger partial charge in [-0.25, -0.2) is 0 Å². The van der Waals surface area contributed by atoms with Crippen molar-refractivity contribution < 1.29 is 9.53 Å². The topological polar surface area (TPSA) is 26.3 Å².